The molecule has 0 saturated carbocycles. The summed E-state index contributed by atoms with van der Waals surface area (Å²) in [6.45, 7) is 0. The maximum Gasteiger partial charge on any atom is 0.175 e. The van der Waals surface area contributed by atoms with Gasteiger partial charge in [0.2, 0.25) is 0 Å². The third kappa shape index (κ3) is 3.20. The molecule has 0 aliphatic carbocycles. The normalized spacial score (nSPS) is 13.2. The summed E-state index contributed by atoms with van der Waals surface area (Å²) in [5.41, 5.74) is 1.38. The fourth-order valence-corrected chi connectivity index (χ4v) is 2.71. The predicted molar refractivity (Wildman–Crippen MR) is 74.6 cm³/mol. The Morgan fingerprint density at radius 2 is 1.95 bits per heavy atom. The van der Waals surface area contributed by atoms with Gasteiger partial charge in [-0.2, -0.15) is 0 Å². The van der Waals surface area contributed by atoms with Crippen molar-refractivity contribution in [1.29, 1.82) is 0 Å². The van der Waals surface area contributed by atoms with E-state index in [0.29, 0.717) is 5.56 Å². The second-order valence-corrected chi connectivity index (χ2v) is 6.52. The molecule has 1 unspecified atom stereocenters. The molecular formula is C14H15FN2O2S. The molecule has 0 saturated heterocycles. The van der Waals surface area contributed by atoms with Gasteiger partial charge in [-0.1, -0.05) is 12.1 Å². The number of nitrogens with one attached hydrogen (secondary N) is 1. The van der Waals surface area contributed by atoms with Crippen molar-refractivity contribution >= 4 is 9.84 Å². The number of sulfone groups is 1. The van der Waals surface area contributed by atoms with Crippen LogP contribution in [0.5, 0.6) is 0 Å². The highest BCUT2D eigenvalue weighted by Gasteiger charge is 2.15. The first-order valence-electron chi connectivity index (χ1n) is 5.99. The first-order chi connectivity index (χ1) is 9.41. The van der Waals surface area contributed by atoms with Gasteiger partial charge in [-0.15, -0.1) is 0 Å². The van der Waals surface area contributed by atoms with Crippen LogP contribution in [0.25, 0.3) is 0 Å². The molecule has 0 radical (unpaired) electrons. The van der Waals surface area contributed by atoms with Crippen molar-refractivity contribution in [2.45, 2.75) is 10.9 Å². The summed E-state index contributed by atoms with van der Waals surface area (Å²) in [5.74, 6) is -0.429. The first-order valence-corrected chi connectivity index (χ1v) is 7.88. The Morgan fingerprint density at radius 1 is 1.20 bits per heavy atom. The zero-order valence-electron chi connectivity index (χ0n) is 11.2. The van der Waals surface area contributed by atoms with Crippen LogP contribution in [-0.4, -0.2) is 26.7 Å². The van der Waals surface area contributed by atoms with Gasteiger partial charge in [0.05, 0.1) is 17.1 Å². The van der Waals surface area contributed by atoms with Gasteiger partial charge < -0.3 is 5.32 Å². The van der Waals surface area contributed by atoms with Crippen LogP contribution in [0.3, 0.4) is 0 Å². The molecule has 1 atom stereocenters. The molecule has 0 amide bonds. The Bertz CT molecular complexity index is 717. The molecule has 0 fully saturated rings. The molecule has 6 heteroatoms. The van der Waals surface area contributed by atoms with Gasteiger partial charge in [-0.3, -0.25) is 4.98 Å². The lowest BCUT2D eigenvalue weighted by molar-refractivity contribution is 0.600. The maximum absolute atomic E-state index is 13.3. The summed E-state index contributed by atoms with van der Waals surface area (Å²) < 4.78 is 36.4. The lowest BCUT2D eigenvalue weighted by Crippen LogP contribution is -2.18. The van der Waals surface area contributed by atoms with E-state index in [1.165, 1.54) is 12.1 Å². The third-order valence-electron chi connectivity index (χ3n) is 2.97. The number of hydrogen-bond donors (Lipinski definition) is 1. The molecule has 0 aliphatic heterocycles. The number of benzene rings is 1. The Morgan fingerprint density at radius 3 is 2.55 bits per heavy atom. The van der Waals surface area contributed by atoms with Gasteiger partial charge in [0.1, 0.15) is 5.82 Å². The van der Waals surface area contributed by atoms with Gasteiger partial charge in [-0.05, 0) is 36.4 Å². The number of halogens is 1. The molecule has 2 aromatic rings. The number of pyridine rings is 1. The molecule has 20 heavy (non-hydrogen) atoms. The van der Waals surface area contributed by atoms with Crippen molar-refractivity contribution in [2.24, 2.45) is 0 Å². The largest absolute Gasteiger partial charge is 0.309 e. The molecule has 4 nitrogen and oxygen atoms in total. The highest BCUT2D eigenvalue weighted by Crippen LogP contribution is 2.23. The monoisotopic (exact) mass is 294 g/mol. The SMILES string of the molecule is CNC(c1cncc(F)c1)c1cccc(S(C)(=O)=O)c1. The summed E-state index contributed by atoms with van der Waals surface area (Å²) in [6, 6.07) is 7.64. The number of aromatic nitrogens is 1. The van der Waals surface area contributed by atoms with Crippen LogP contribution in [0.15, 0.2) is 47.6 Å². The molecule has 0 bridgehead atoms. The van der Waals surface area contributed by atoms with E-state index < -0.39 is 15.7 Å². The van der Waals surface area contributed by atoms with Crippen molar-refractivity contribution in [2.75, 3.05) is 13.3 Å². The van der Waals surface area contributed by atoms with E-state index >= 15 is 0 Å². The van der Waals surface area contributed by atoms with Crippen LogP contribution in [0.1, 0.15) is 17.2 Å². The maximum atomic E-state index is 13.3. The molecule has 1 heterocycles. The number of hydrogen-bond acceptors (Lipinski definition) is 4. The molecule has 106 valence electrons. The summed E-state index contributed by atoms with van der Waals surface area (Å²) in [7, 11) is -1.55. The highest BCUT2D eigenvalue weighted by molar-refractivity contribution is 7.90. The molecule has 1 aromatic heterocycles. The Hall–Kier alpha value is -1.79. The van der Waals surface area contributed by atoms with Crippen molar-refractivity contribution in [1.82, 2.24) is 10.3 Å². The second kappa shape index (κ2) is 5.68. The standard InChI is InChI=1S/C14H15FN2O2S/c1-16-14(11-6-12(15)9-17-8-11)10-4-3-5-13(7-10)20(2,18)19/h3-9,14,16H,1-2H3. The summed E-state index contributed by atoms with van der Waals surface area (Å²) in [4.78, 5) is 4.05. The number of rotatable bonds is 4. The Balaban J connectivity index is 2.48. The molecule has 0 spiro atoms. The highest BCUT2D eigenvalue weighted by atomic mass is 32.2. The molecule has 1 N–H and O–H groups in total. The predicted octanol–water partition coefficient (Wildman–Crippen LogP) is 1.93. The van der Waals surface area contributed by atoms with E-state index in [9.17, 15) is 12.8 Å². The molecule has 1 aromatic carbocycles. The van der Waals surface area contributed by atoms with Gasteiger partial charge in [0.25, 0.3) is 0 Å². The van der Waals surface area contributed by atoms with Crippen molar-refractivity contribution in [3.8, 4) is 0 Å². The van der Waals surface area contributed by atoms with Crippen LogP contribution in [0, 0.1) is 5.82 Å². The minimum atomic E-state index is -3.27. The van der Waals surface area contributed by atoms with E-state index in [2.05, 4.69) is 10.3 Å². The molecule has 0 aliphatic rings. The van der Waals surface area contributed by atoms with E-state index in [1.807, 2.05) is 0 Å². The topological polar surface area (TPSA) is 59.1 Å². The second-order valence-electron chi connectivity index (χ2n) is 4.50. The van der Waals surface area contributed by atoms with Crippen molar-refractivity contribution < 1.29 is 12.8 Å². The van der Waals surface area contributed by atoms with Gasteiger partial charge in [-0.25, -0.2) is 12.8 Å². The van der Waals surface area contributed by atoms with Gasteiger partial charge in [0.15, 0.2) is 9.84 Å². The molecule has 2 rings (SSSR count). The van der Waals surface area contributed by atoms with E-state index in [-0.39, 0.29) is 10.9 Å². The average molecular weight is 294 g/mol. The summed E-state index contributed by atoms with van der Waals surface area (Å²) >= 11 is 0. The number of nitrogens with zero attached hydrogens (tertiary/aromatic N) is 1. The third-order valence-corrected chi connectivity index (χ3v) is 4.08. The van der Waals surface area contributed by atoms with Crippen LogP contribution in [0.2, 0.25) is 0 Å². The van der Waals surface area contributed by atoms with Gasteiger partial charge >= 0.3 is 0 Å². The first kappa shape index (κ1) is 14.6. The van der Waals surface area contributed by atoms with E-state index in [4.69, 9.17) is 0 Å². The molecular weight excluding hydrogens is 279 g/mol. The average Bonchev–Trinajstić information content (AvgIpc) is 2.39. The van der Waals surface area contributed by atoms with Crippen LogP contribution < -0.4 is 5.32 Å². The summed E-state index contributed by atoms with van der Waals surface area (Å²) in [5, 5.41) is 3.04. The smallest absolute Gasteiger partial charge is 0.175 e. The Kier molecular flexibility index (Phi) is 4.15. The quantitative estimate of drug-likeness (QED) is 0.936. The Labute approximate surface area is 117 Å². The lowest BCUT2D eigenvalue weighted by atomic mass is 10.0. The minimum Gasteiger partial charge on any atom is -0.309 e. The lowest BCUT2D eigenvalue weighted by Gasteiger charge is -2.17. The summed E-state index contributed by atoms with van der Waals surface area (Å²) in [6.07, 6.45) is 3.84. The zero-order valence-corrected chi connectivity index (χ0v) is 12.0. The minimum absolute atomic E-state index is 0.236. The fourth-order valence-electron chi connectivity index (χ4n) is 2.04. The zero-order chi connectivity index (χ0) is 14.8. The van der Waals surface area contributed by atoms with Gasteiger partial charge in [0, 0.05) is 12.5 Å². The van der Waals surface area contributed by atoms with Crippen molar-refractivity contribution in [3.63, 3.8) is 0 Å². The van der Waals surface area contributed by atoms with E-state index in [0.717, 1.165) is 18.0 Å². The van der Waals surface area contributed by atoms with E-state index in [1.54, 1.807) is 31.4 Å². The van der Waals surface area contributed by atoms with Crippen LogP contribution in [-0.2, 0) is 9.84 Å². The van der Waals surface area contributed by atoms with Crippen molar-refractivity contribution in [3.05, 3.63) is 59.7 Å². The van der Waals surface area contributed by atoms with Crippen LogP contribution >= 0.6 is 0 Å². The van der Waals surface area contributed by atoms with Crippen LogP contribution in [0.4, 0.5) is 4.39 Å². The fraction of sp³-hybridized carbons (Fsp3) is 0.214.